The fraction of sp³-hybridized carbons (Fsp3) is 0.118. The number of halogens is 1. The van der Waals surface area contributed by atoms with Crippen LogP contribution in [0.15, 0.2) is 42.5 Å². The molecule has 0 aromatic heterocycles. The van der Waals surface area contributed by atoms with Gasteiger partial charge in [0.05, 0.1) is 29.9 Å². The third-order valence-corrected chi connectivity index (χ3v) is 3.56. The number of nitrogens with one attached hydrogen (secondary N) is 1. The first-order valence-corrected chi connectivity index (χ1v) is 7.47. The average molecular weight is 363 g/mol. The van der Waals surface area contributed by atoms with Gasteiger partial charge in [0.1, 0.15) is 11.5 Å². The number of methoxy groups -OCH3 is 2. The van der Waals surface area contributed by atoms with E-state index in [-0.39, 0.29) is 5.69 Å². The second-order valence-electron chi connectivity index (χ2n) is 4.86. The van der Waals surface area contributed by atoms with E-state index in [0.717, 1.165) is 0 Å². The van der Waals surface area contributed by atoms with Crippen LogP contribution in [0.3, 0.4) is 0 Å². The fourth-order valence-corrected chi connectivity index (χ4v) is 2.24. The predicted octanol–water partition coefficient (Wildman–Crippen LogP) is 3.92. The molecule has 0 aliphatic carbocycles. The lowest BCUT2D eigenvalue weighted by Crippen LogP contribution is -2.09. The van der Waals surface area contributed by atoms with Crippen LogP contribution in [0.2, 0.25) is 5.02 Å². The van der Waals surface area contributed by atoms with Crippen LogP contribution in [-0.4, -0.2) is 25.1 Å². The topological polar surface area (TPSA) is 90.7 Å². The molecule has 25 heavy (non-hydrogen) atoms. The van der Waals surface area contributed by atoms with Gasteiger partial charge in [0.2, 0.25) is 5.91 Å². The summed E-state index contributed by atoms with van der Waals surface area (Å²) in [5, 5.41) is 13.6. The largest absolute Gasteiger partial charge is 0.495 e. The van der Waals surface area contributed by atoms with Crippen LogP contribution >= 0.6 is 11.6 Å². The molecule has 0 atom stereocenters. The molecule has 0 unspecified atom stereocenters. The molecule has 0 aliphatic rings. The second-order valence-corrected chi connectivity index (χ2v) is 5.27. The third kappa shape index (κ3) is 4.71. The molecule has 2 rings (SSSR count). The van der Waals surface area contributed by atoms with Crippen molar-refractivity contribution < 1.29 is 19.2 Å². The molecule has 0 spiro atoms. The normalized spacial score (nSPS) is 10.5. The molecule has 2 aromatic carbocycles. The molecular formula is C17H15ClN2O5. The van der Waals surface area contributed by atoms with E-state index in [1.807, 2.05) is 0 Å². The van der Waals surface area contributed by atoms with Crippen molar-refractivity contribution in [3.05, 3.63) is 63.2 Å². The van der Waals surface area contributed by atoms with Gasteiger partial charge in [-0.05, 0) is 23.8 Å². The van der Waals surface area contributed by atoms with Crippen LogP contribution < -0.4 is 14.8 Å². The number of nitrogens with zero attached hydrogens (tertiary/aromatic N) is 1. The quantitative estimate of drug-likeness (QED) is 0.478. The summed E-state index contributed by atoms with van der Waals surface area (Å²) in [5.41, 5.74) is 1.04. The Kier molecular flexibility index (Phi) is 5.97. The number of ether oxygens (including phenoxy) is 2. The fourth-order valence-electron chi connectivity index (χ4n) is 2.01. The number of amides is 1. The number of anilines is 1. The molecule has 130 valence electrons. The summed E-state index contributed by atoms with van der Waals surface area (Å²) in [5.74, 6) is 0.390. The average Bonchev–Trinajstić information content (AvgIpc) is 2.61. The predicted molar refractivity (Wildman–Crippen MR) is 95.3 cm³/mol. The molecule has 1 amide bonds. The van der Waals surface area contributed by atoms with Gasteiger partial charge < -0.3 is 14.8 Å². The Morgan fingerprint density at radius 1 is 1.16 bits per heavy atom. The van der Waals surface area contributed by atoms with E-state index in [2.05, 4.69) is 5.32 Å². The number of benzene rings is 2. The van der Waals surface area contributed by atoms with Crippen molar-refractivity contribution >= 4 is 35.0 Å². The zero-order valence-corrected chi connectivity index (χ0v) is 14.2. The summed E-state index contributed by atoms with van der Waals surface area (Å²) in [6, 6.07) is 8.92. The summed E-state index contributed by atoms with van der Waals surface area (Å²) in [7, 11) is 2.92. The van der Waals surface area contributed by atoms with Crippen molar-refractivity contribution in [2.24, 2.45) is 0 Å². The highest BCUT2D eigenvalue weighted by Gasteiger charge is 2.11. The molecule has 0 saturated heterocycles. The van der Waals surface area contributed by atoms with E-state index >= 15 is 0 Å². The number of nitro benzene ring substituents is 1. The molecular weight excluding hydrogens is 348 g/mol. The van der Waals surface area contributed by atoms with E-state index < -0.39 is 10.8 Å². The number of hydrogen-bond acceptors (Lipinski definition) is 5. The highest BCUT2D eigenvalue weighted by Crippen LogP contribution is 2.35. The maximum atomic E-state index is 12.1. The Hall–Kier alpha value is -3.06. The lowest BCUT2D eigenvalue weighted by molar-refractivity contribution is -0.384. The monoisotopic (exact) mass is 362 g/mol. The first-order chi connectivity index (χ1) is 11.9. The molecule has 7 nitrogen and oxygen atoms in total. The molecule has 0 heterocycles. The van der Waals surface area contributed by atoms with E-state index in [0.29, 0.717) is 27.8 Å². The van der Waals surface area contributed by atoms with Crippen LogP contribution in [0.4, 0.5) is 11.4 Å². The molecule has 0 radical (unpaired) electrons. The zero-order chi connectivity index (χ0) is 18.4. The maximum absolute atomic E-state index is 12.1. The minimum absolute atomic E-state index is 0.0143. The number of carbonyl (C=O) groups excluding carboxylic acids is 1. The second kappa shape index (κ2) is 8.16. The Bertz CT molecular complexity index is 819. The lowest BCUT2D eigenvalue weighted by Gasteiger charge is -2.12. The highest BCUT2D eigenvalue weighted by atomic mass is 35.5. The molecule has 0 bridgehead atoms. The van der Waals surface area contributed by atoms with Crippen LogP contribution in [0.5, 0.6) is 11.5 Å². The summed E-state index contributed by atoms with van der Waals surface area (Å²) in [6.45, 7) is 0. The Balaban J connectivity index is 2.13. The summed E-state index contributed by atoms with van der Waals surface area (Å²) in [6.07, 6.45) is 2.85. The van der Waals surface area contributed by atoms with E-state index in [9.17, 15) is 14.9 Å². The van der Waals surface area contributed by atoms with Gasteiger partial charge in [-0.15, -0.1) is 0 Å². The molecule has 0 fully saturated rings. The first-order valence-electron chi connectivity index (χ1n) is 7.09. The number of nitro groups is 1. The smallest absolute Gasteiger partial charge is 0.269 e. The van der Waals surface area contributed by atoms with Gasteiger partial charge in [-0.1, -0.05) is 11.6 Å². The maximum Gasteiger partial charge on any atom is 0.269 e. The van der Waals surface area contributed by atoms with Crippen molar-refractivity contribution in [1.29, 1.82) is 0 Å². The zero-order valence-electron chi connectivity index (χ0n) is 13.5. The number of rotatable bonds is 6. The summed E-state index contributed by atoms with van der Waals surface area (Å²) in [4.78, 5) is 22.2. The van der Waals surface area contributed by atoms with Gasteiger partial charge >= 0.3 is 0 Å². The highest BCUT2D eigenvalue weighted by molar-refractivity contribution is 6.32. The van der Waals surface area contributed by atoms with Gasteiger partial charge in [0.25, 0.3) is 5.69 Å². The van der Waals surface area contributed by atoms with E-state index in [1.54, 1.807) is 24.3 Å². The SMILES string of the molecule is COc1cc(NC(=O)C=Cc2ccc([N+](=O)[O-])cc2)c(OC)cc1Cl. The Morgan fingerprint density at radius 2 is 1.80 bits per heavy atom. The van der Waals surface area contributed by atoms with Crippen LogP contribution in [0.25, 0.3) is 6.08 Å². The minimum Gasteiger partial charge on any atom is -0.495 e. The van der Waals surface area contributed by atoms with Crippen molar-refractivity contribution in [2.45, 2.75) is 0 Å². The van der Waals surface area contributed by atoms with Gasteiger partial charge in [-0.25, -0.2) is 0 Å². The number of carbonyl (C=O) groups is 1. The van der Waals surface area contributed by atoms with Gasteiger partial charge in [0, 0.05) is 30.3 Å². The van der Waals surface area contributed by atoms with E-state index in [4.69, 9.17) is 21.1 Å². The van der Waals surface area contributed by atoms with Crippen molar-refractivity contribution in [3.63, 3.8) is 0 Å². The van der Waals surface area contributed by atoms with Crippen LogP contribution in [0, 0.1) is 10.1 Å². The van der Waals surface area contributed by atoms with E-state index in [1.165, 1.54) is 38.5 Å². The van der Waals surface area contributed by atoms with Crippen molar-refractivity contribution in [2.75, 3.05) is 19.5 Å². The number of non-ortho nitro benzene ring substituents is 1. The third-order valence-electron chi connectivity index (χ3n) is 3.26. The summed E-state index contributed by atoms with van der Waals surface area (Å²) >= 11 is 6.01. The van der Waals surface area contributed by atoms with Gasteiger partial charge in [-0.3, -0.25) is 14.9 Å². The Morgan fingerprint density at radius 3 is 2.36 bits per heavy atom. The summed E-state index contributed by atoms with van der Waals surface area (Å²) < 4.78 is 10.3. The molecule has 8 heteroatoms. The van der Waals surface area contributed by atoms with Crippen LogP contribution in [0.1, 0.15) is 5.56 Å². The minimum atomic E-state index is -0.486. The van der Waals surface area contributed by atoms with Crippen molar-refractivity contribution in [1.82, 2.24) is 0 Å². The van der Waals surface area contributed by atoms with Gasteiger partial charge in [-0.2, -0.15) is 0 Å². The molecule has 0 aliphatic heterocycles. The number of hydrogen-bond donors (Lipinski definition) is 1. The first kappa shape index (κ1) is 18.3. The van der Waals surface area contributed by atoms with Crippen LogP contribution in [-0.2, 0) is 4.79 Å². The lowest BCUT2D eigenvalue weighted by atomic mass is 10.2. The van der Waals surface area contributed by atoms with Gasteiger partial charge in [0.15, 0.2) is 0 Å². The van der Waals surface area contributed by atoms with Crippen molar-refractivity contribution in [3.8, 4) is 11.5 Å². The molecule has 1 N–H and O–H groups in total. The molecule has 2 aromatic rings. The standard InChI is InChI=1S/C17H15ClN2O5/c1-24-15-10-14(16(25-2)9-13(15)18)19-17(21)8-5-11-3-6-12(7-4-11)20(22)23/h3-10H,1-2H3,(H,19,21). The molecule has 0 saturated carbocycles. The Labute approximate surface area is 149 Å².